The molecule has 5 heteroatoms. The van der Waals surface area contributed by atoms with Crippen molar-refractivity contribution < 1.29 is 0 Å². The maximum Gasteiger partial charge on any atom is 0.156 e. The summed E-state index contributed by atoms with van der Waals surface area (Å²) in [6, 6.07) is 0. The third-order valence-corrected chi connectivity index (χ3v) is 2.69. The van der Waals surface area contributed by atoms with Gasteiger partial charge in [-0.1, -0.05) is 13.3 Å². The fourth-order valence-electron chi connectivity index (χ4n) is 1.21. The molecular formula is C9H12N4S. The molecule has 0 aliphatic rings. The van der Waals surface area contributed by atoms with E-state index in [0.717, 1.165) is 29.1 Å². The number of anilines is 1. The number of rotatable bonds is 4. The summed E-state index contributed by atoms with van der Waals surface area (Å²) in [6.07, 6.45) is 3.91. The van der Waals surface area contributed by atoms with Crippen molar-refractivity contribution in [1.82, 2.24) is 15.0 Å². The van der Waals surface area contributed by atoms with Gasteiger partial charge in [-0.05, 0) is 6.42 Å². The summed E-state index contributed by atoms with van der Waals surface area (Å²) < 4.78 is 0. The van der Waals surface area contributed by atoms with E-state index in [0.29, 0.717) is 0 Å². The predicted molar refractivity (Wildman–Crippen MR) is 58.6 cm³/mol. The first kappa shape index (κ1) is 9.33. The number of thiazole rings is 1. The van der Waals surface area contributed by atoms with Crippen LogP contribution in [0.4, 0.5) is 5.82 Å². The Balaban J connectivity index is 2.19. The molecule has 0 unspecified atom stereocenters. The van der Waals surface area contributed by atoms with Crippen LogP contribution in [0.5, 0.6) is 0 Å². The Morgan fingerprint density at radius 3 is 3.14 bits per heavy atom. The van der Waals surface area contributed by atoms with Crippen LogP contribution in [0.15, 0.2) is 11.8 Å². The summed E-state index contributed by atoms with van der Waals surface area (Å²) in [4.78, 5) is 13.5. The molecule has 0 radical (unpaired) electrons. The molecule has 0 atom stereocenters. The van der Waals surface area contributed by atoms with Crippen LogP contribution in [0.1, 0.15) is 19.8 Å². The monoisotopic (exact) mass is 208 g/mol. The number of nitrogens with one attached hydrogen (secondary N) is 1. The molecule has 0 amide bonds. The van der Waals surface area contributed by atoms with Crippen molar-refractivity contribution in [3.63, 3.8) is 0 Å². The number of nitrogens with zero attached hydrogens (tertiary/aromatic N) is 3. The second-order valence-electron chi connectivity index (χ2n) is 3.01. The summed E-state index contributed by atoms with van der Waals surface area (Å²) in [6.45, 7) is 3.11. The predicted octanol–water partition coefficient (Wildman–Crippen LogP) is 2.30. The van der Waals surface area contributed by atoms with Gasteiger partial charge < -0.3 is 5.32 Å². The van der Waals surface area contributed by atoms with E-state index in [1.807, 2.05) is 0 Å². The summed E-state index contributed by atoms with van der Waals surface area (Å²) in [5, 5.41) is 3.27. The van der Waals surface area contributed by atoms with Crippen LogP contribution in [-0.4, -0.2) is 21.5 Å². The Kier molecular flexibility index (Phi) is 2.88. The van der Waals surface area contributed by atoms with Gasteiger partial charge in [-0.3, -0.25) is 0 Å². The molecule has 0 aromatic carbocycles. The lowest BCUT2D eigenvalue weighted by molar-refractivity contribution is 0.831. The Labute approximate surface area is 86.4 Å². The van der Waals surface area contributed by atoms with Gasteiger partial charge in [0.15, 0.2) is 5.82 Å². The van der Waals surface area contributed by atoms with Gasteiger partial charge in [0.2, 0.25) is 0 Å². The first-order valence-corrected chi connectivity index (χ1v) is 5.58. The average Bonchev–Trinajstić information content (AvgIpc) is 2.67. The standard InChI is InChI=1S/C9H12N4S/c1-2-3-4-10-8-7-9(12-5-11-8)14-6-13-7/h5-6H,2-4H2,1H3,(H,10,11,12). The minimum absolute atomic E-state index is 0.852. The molecule has 14 heavy (non-hydrogen) atoms. The van der Waals surface area contributed by atoms with Crippen LogP contribution >= 0.6 is 11.3 Å². The van der Waals surface area contributed by atoms with Crippen LogP contribution in [-0.2, 0) is 0 Å². The molecule has 74 valence electrons. The van der Waals surface area contributed by atoms with E-state index in [2.05, 4.69) is 27.2 Å². The summed E-state index contributed by atoms with van der Waals surface area (Å²) in [5.74, 6) is 0.852. The van der Waals surface area contributed by atoms with Crippen LogP contribution < -0.4 is 5.32 Å². The highest BCUT2D eigenvalue weighted by Gasteiger charge is 2.04. The van der Waals surface area contributed by atoms with Gasteiger partial charge in [-0.25, -0.2) is 15.0 Å². The second kappa shape index (κ2) is 4.32. The average molecular weight is 208 g/mol. The molecule has 0 aliphatic carbocycles. The highest BCUT2D eigenvalue weighted by Crippen LogP contribution is 2.20. The Hall–Kier alpha value is -1.23. The lowest BCUT2D eigenvalue weighted by atomic mass is 10.3. The fraction of sp³-hybridized carbons (Fsp3) is 0.444. The van der Waals surface area contributed by atoms with Gasteiger partial charge in [-0.15, -0.1) is 11.3 Å². The maximum absolute atomic E-state index is 4.23. The lowest BCUT2D eigenvalue weighted by Crippen LogP contribution is -2.03. The first-order chi connectivity index (χ1) is 6.92. The zero-order valence-electron chi connectivity index (χ0n) is 8.03. The van der Waals surface area contributed by atoms with E-state index in [4.69, 9.17) is 0 Å². The molecule has 0 fully saturated rings. The number of aromatic nitrogens is 3. The van der Waals surface area contributed by atoms with Crippen LogP contribution in [0.25, 0.3) is 10.3 Å². The molecule has 0 spiro atoms. The molecule has 4 nitrogen and oxygen atoms in total. The third-order valence-electron chi connectivity index (χ3n) is 1.96. The molecular weight excluding hydrogens is 196 g/mol. The largest absolute Gasteiger partial charge is 0.368 e. The molecule has 0 saturated carbocycles. The fourth-order valence-corrected chi connectivity index (χ4v) is 1.83. The molecule has 2 heterocycles. The van der Waals surface area contributed by atoms with Crippen molar-refractivity contribution in [1.29, 1.82) is 0 Å². The van der Waals surface area contributed by atoms with E-state index in [1.165, 1.54) is 17.8 Å². The van der Waals surface area contributed by atoms with Crippen molar-refractivity contribution in [2.45, 2.75) is 19.8 Å². The van der Waals surface area contributed by atoms with Gasteiger partial charge in [0.05, 0.1) is 5.51 Å². The van der Waals surface area contributed by atoms with Crippen molar-refractivity contribution >= 4 is 27.5 Å². The maximum atomic E-state index is 4.23. The summed E-state index contributed by atoms with van der Waals surface area (Å²) in [7, 11) is 0. The Morgan fingerprint density at radius 2 is 2.29 bits per heavy atom. The molecule has 2 rings (SSSR count). The summed E-state index contributed by atoms with van der Waals surface area (Å²) in [5.41, 5.74) is 2.68. The molecule has 1 N–H and O–H groups in total. The van der Waals surface area contributed by atoms with Gasteiger partial charge in [0, 0.05) is 6.54 Å². The van der Waals surface area contributed by atoms with Crippen LogP contribution in [0.2, 0.25) is 0 Å². The number of unbranched alkanes of at least 4 members (excludes halogenated alkanes) is 1. The van der Waals surface area contributed by atoms with Gasteiger partial charge in [-0.2, -0.15) is 0 Å². The van der Waals surface area contributed by atoms with Gasteiger partial charge in [0.1, 0.15) is 16.7 Å². The quantitative estimate of drug-likeness (QED) is 0.783. The second-order valence-corrected chi connectivity index (χ2v) is 3.84. The highest BCUT2D eigenvalue weighted by atomic mass is 32.1. The smallest absolute Gasteiger partial charge is 0.156 e. The Morgan fingerprint density at radius 1 is 1.36 bits per heavy atom. The van der Waals surface area contributed by atoms with Crippen molar-refractivity contribution in [3.8, 4) is 0 Å². The van der Waals surface area contributed by atoms with Crippen molar-refractivity contribution in [3.05, 3.63) is 11.8 Å². The zero-order valence-corrected chi connectivity index (χ0v) is 8.84. The van der Waals surface area contributed by atoms with Crippen LogP contribution in [0.3, 0.4) is 0 Å². The molecule has 0 aliphatic heterocycles. The number of hydrogen-bond donors (Lipinski definition) is 1. The Bertz CT molecular complexity index is 412. The van der Waals surface area contributed by atoms with Gasteiger partial charge in [0.25, 0.3) is 0 Å². The minimum Gasteiger partial charge on any atom is -0.368 e. The highest BCUT2D eigenvalue weighted by molar-refractivity contribution is 7.16. The first-order valence-electron chi connectivity index (χ1n) is 4.70. The number of hydrogen-bond acceptors (Lipinski definition) is 5. The van der Waals surface area contributed by atoms with Crippen molar-refractivity contribution in [2.75, 3.05) is 11.9 Å². The van der Waals surface area contributed by atoms with Crippen LogP contribution in [0, 0.1) is 0 Å². The van der Waals surface area contributed by atoms with E-state index in [-0.39, 0.29) is 0 Å². The SMILES string of the molecule is CCCCNc1ncnc2scnc12. The number of fused-ring (bicyclic) bond motifs is 1. The zero-order chi connectivity index (χ0) is 9.80. The van der Waals surface area contributed by atoms with Crippen molar-refractivity contribution in [2.24, 2.45) is 0 Å². The summed E-state index contributed by atoms with van der Waals surface area (Å²) >= 11 is 1.54. The van der Waals surface area contributed by atoms with E-state index < -0.39 is 0 Å². The lowest BCUT2D eigenvalue weighted by Gasteiger charge is -2.03. The molecule has 0 bridgehead atoms. The molecule has 2 aromatic heterocycles. The molecule has 2 aromatic rings. The van der Waals surface area contributed by atoms with Gasteiger partial charge >= 0.3 is 0 Å². The minimum atomic E-state index is 0.852. The van der Waals surface area contributed by atoms with E-state index in [9.17, 15) is 0 Å². The van der Waals surface area contributed by atoms with E-state index >= 15 is 0 Å². The normalized spacial score (nSPS) is 10.6. The molecule has 0 saturated heterocycles. The van der Waals surface area contributed by atoms with E-state index in [1.54, 1.807) is 11.8 Å². The third kappa shape index (κ3) is 1.82. The topological polar surface area (TPSA) is 50.7 Å².